The van der Waals surface area contributed by atoms with E-state index >= 15 is 0 Å². The first-order valence-corrected chi connectivity index (χ1v) is 11.7. The van der Waals surface area contributed by atoms with Gasteiger partial charge in [-0.25, -0.2) is 9.59 Å². The van der Waals surface area contributed by atoms with Crippen LogP contribution in [-0.4, -0.2) is 36.2 Å². The van der Waals surface area contributed by atoms with Crippen LogP contribution in [0.3, 0.4) is 0 Å². The average Bonchev–Trinajstić information content (AvgIpc) is 2.96. The molecule has 4 rings (SSSR count). The highest BCUT2D eigenvalue weighted by molar-refractivity contribution is 6.10. The summed E-state index contributed by atoms with van der Waals surface area (Å²) in [6.07, 6.45) is -0.737. The van der Waals surface area contributed by atoms with Crippen LogP contribution < -0.4 is 0 Å². The summed E-state index contributed by atoms with van der Waals surface area (Å²) in [6, 6.07) is 30.1. The third-order valence-electron chi connectivity index (χ3n) is 5.55. The molecule has 6 nitrogen and oxygen atoms in total. The van der Waals surface area contributed by atoms with Gasteiger partial charge in [0.25, 0.3) is 0 Å². The van der Waals surface area contributed by atoms with E-state index in [9.17, 15) is 19.2 Å². The lowest BCUT2D eigenvalue weighted by Crippen LogP contribution is -2.22. The predicted octanol–water partition coefficient (Wildman–Crippen LogP) is 5.55. The molecule has 1 unspecified atom stereocenters. The number of hydrogen-bond acceptors (Lipinski definition) is 6. The zero-order chi connectivity index (χ0) is 26.2. The Balaban J connectivity index is 1.34. The summed E-state index contributed by atoms with van der Waals surface area (Å²) < 4.78 is 10.7. The molecule has 0 saturated carbocycles. The van der Waals surface area contributed by atoms with Crippen molar-refractivity contribution in [3.05, 3.63) is 143 Å². The number of ether oxygens (including phenoxy) is 2. The second-order valence-corrected chi connectivity index (χ2v) is 8.37. The molecular weight excluding hydrogens is 468 g/mol. The van der Waals surface area contributed by atoms with Crippen LogP contribution in [0.15, 0.2) is 109 Å². The summed E-state index contributed by atoms with van der Waals surface area (Å²) in [5.41, 5.74) is 2.19. The maximum Gasteiger partial charge on any atom is 0.338 e. The molecule has 0 spiro atoms. The van der Waals surface area contributed by atoms with E-state index < -0.39 is 18.0 Å². The second-order valence-electron chi connectivity index (χ2n) is 8.37. The van der Waals surface area contributed by atoms with Crippen LogP contribution in [0.4, 0.5) is 0 Å². The fourth-order valence-corrected chi connectivity index (χ4v) is 3.65. The minimum Gasteiger partial charge on any atom is -0.458 e. The molecule has 0 aromatic heterocycles. The van der Waals surface area contributed by atoms with Gasteiger partial charge in [-0.2, -0.15) is 0 Å². The summed E-state index contributed by atoms with van der Waals surface area (Å²) in [5, 5.41) is 0. The van der Waals surface area contributed by atoms with E-state index in [2.05, 4.69) is 0 Å². The van der Waals surface area contributed by atoms with Gasteiger partial charge in [0.05, 0.1) is 11.1 Å². The molecule has 1 atom stereocenters. The van der Waals surface area contributed by atoms with Crippen molar-refractivity contribution in [1.29, 1.82) is 0 Å². The highest BCUT2D eigenvalue weighted by atomic mass is 16.6. The molecule has 4 aromatic rings. The monoisotopic (exact) mass is 492 g/mol. The molecule has 4 aromatic carbocycles. The Morgan fingerprint density at radius 2 is 0.946 bits per heavy atom. The molecule has 0 fully saturated rings. The zero-order valence-corrected chi connectivity index (χ0v) is 20.1. The number of rotatable bonds is 9. The fourth-order valence-electron chi connectivity index (χ4n) is 3.65. The lowest BCUT2D eigenvalue weighted by molar-refractivity contribution is 0.00447. The van der Waals surface area contributed by atoms with E-state index in [0.717, 1.165) is 0 Å². The van der Waals surface area contributed by atoms with Crippen molar-refractivity contribution in [1.82, 2.24) is 0 Å². The van der Waals surface area contributed by atoms with Crippen molar-refractivity contribution < 1.29 is 28.7 Å². The normalized spacial score (nSPS) is 11.3. The van der Waals surface area contributed by atoms with E-state index in [4.69, 9.17) is 9.47 Å². The SMILES string of the molecule is CC(COC(=O)c1cccc(C(=O)c2ccccc2)c1)OC(=O)c1cccc(C(=O)c2ccccc2)c1. The Morgan fingerprint density at radius 3 is 1.43 bits per heavy atom. The topological polar surface area (TPSA) is 86.7 Å². The Kier molecular flexibility index (Phi) is 8.01. The lowest BCUT2D eigenvalue weighted by atomic mass is 10.0. The molecule has 37 heavy (non-hydrogen) atoms. The Morgan fingerprint density at radius 1 is 0.541 bits per heavy atom. The molecule has 0 aliphatic heterocycles. The second kappa shape index (κ2) is 11.7. The van der Waals surface area contributed by atoms with Gasteiger partial charge < -0.3 is 9.47 Å². The minimum atomic E-state index is -0.737. The molecule has 0 amide bonds. The minimum absolute atomic E-state index is 0.177. The highest BCUT2D eigenvalue weighted by Gasteiger charge is 2.18. The molecule has 0 aliphatic carbocycles. The van der Waals surface area contributed by atoms with Gasteiger partial charge in [0.2, 0.25) is 0 Å². The van der Waals surface area contributed by atoms with E-state index in [1.165, 1.54) is 12.1 Å². The van der Waals surface area contributed by atoms with Crippen LogP contribution in [0.2, 0.25) is 0 Å². The highest BCUT2D eigenvalue weighted by Crippen LogP contribution is 2.15. The molecule has 6 heteroatoms. The van der Waals surface area contributed by atoms with Crippen molar-refractivity contribution in [3.63, 3.8) is 0 Å². The molecule has 0 saturated heterocycles. The Labute approximate surface area is 214 Å². The quantitative estimate of drug-likeness (QED) is 0.225. The molecule has 0 heterocycles. The average molecular weight is 493 g/mol. The Bertz CT molecular complexity index is 1430. The molecular formula is C31H24O6. The first kappa shape index (κ1) is 25.3. The Hall–Kier alpha value is -4.84. The van der Waals surface area contributed by atoms with E-state index in [-0.39, 0.29) is 29.3 Å². The van der Waals surface area contributed by atoms with Crippen molar-refractivity contribution in [2.75, 3.05) is 6.61 Å². The summed E-state index contributed by atoms with van der Waals surface area (Å²) in [7, 11) is 0. The lowest BCUT2D eigenvalue weighted by Gasteiger charge is -2.14. The summed E-state index contributed by atoms with van der Waals surface area (Å²) >= 11 is 0. The molecule has 0 aliphatic rings. The van der Waals surface area contributed by atoms with Gasteiger partial charge in [0, 0.05) is 22.3 Å². The number of ketones is 2. The van der Waals surface area contributed by atoms with Crippen LogP contribution in [-0.2, 0) is 9.47 Å². The van der Waals surface area contributed by atoms with Crippen molar-refractivity contribution >= 4 is 23.5 Å². The smallest absolute Gasteiger partial charge is 0.338 e. The van der Waals surface area contributed by atoms with Crippen LogP contribution in [0, 0.1) is 0 Å². The standard InChI is InChI=1S/C31H24O6/c1-21(37-31(35)27-17-9-15-25(19-27)29(33)23-12-6-3-7-13-23)20-36-30(34)26-16-8-14-24(18-26)28(32)22-10-4-2-5-11-22/h2-19,21H,20H2,1H3. The van der Waals surface area contributed by atoms with Crippen LogP contribution in [0.25, 0.3) is 0 Å². The van der Waals surface area contributed by atoms with Crippen LogP contribution >= 0.6 is 0 Å². The summed E-state index contributed by atoms with van der Waals surface area (Å²) in [4.78, 5) is 50.5. The first-order chi connectivity index (χ1) is 17.9. The number of benzene rings is 4. The van der Waals surface area contributed by atoms with Gasteiger partial charge >= 0.3 is 11.9 Å². The van der Waals surface area contributed by atoms with Crippen LogP contribution in [0.1, 0.15) is 59.5 Å². The van der Waals surface area contributed by atoms with E-state index in [1.807, 2.05) is 12.1 Å². The predicted molar refractivity (Wildman–Crippen MR) is 138 cm³/mol. The third kappa shape index (κ3) is 6.44. The van der Waals surface area contributed by atoms with Gasteiger partial charge in [-0.05, 0) is 31.2 Å². The zero-order valence-electron chi connectivity index (χ0n) is 20.1. The number of hydrogen-bond donors (Lipinski definition) is 0. The van der Waals surface area contributed by atoms with Gasteiger partial charge in [-0.3, -0.25) is 9.59 Å². The maximum absolute atomic E-state index is 12.7. The van der Waals surface area contributed by atoms with Gasteiger partial charge in [-0.15, -0.1) is 0 Å². The van der Waals surface area contributed by atoms with Gasteiger partial charge in [0.1, 0.15) is 12.7 Å². The van der Waals surface area contributed by atoms with Crippen molar-refractivity contribution in [2.24, 2.45) is 0 Å². The third-order valence-corrected chi connectivity index (χ3v) is 5.55. The number of esters is 2. The molecule has 184 valence electrons. The summed E-state index contributed by atoms with van der Waals surface area (Å²) in [6.45, 7) is 1.42. The summed E-state index contributed by atoms with van der Waals surface area (Å²) in [5.74, 6) is -1.68. The molecule has 0 radical (unpaired) electrons. The molecule has 0 bridgehead atoms. The maximum atomic E-state index is 12.7. The van der Waals surface area contributed by atoms with Crippen molar-refractivity contribution in [3.8, 4) is 0 Å². The number of carbonyl (C=O) groups excluding carboxylic acids is 4. The fraction of sp³-hybridized carbons (Fsp3) is 0.0968. The van der Waals surface area contributed by atoms with E-state index in [0.29, 0.717) is 22.3 Å². The first-order valence-electron chi connectivity index (χ1n) is 11.7. The van der Waals surface area contributed by atoms with Crippen LogP contribution in [0.5, 0.6) is 0 Å². The molecule has 0 N–H and O–H groups in total. The van der Waals surface area contributed by atoms with Crippen molar-refractivity contribution in [2.45, 2.75) is 13.0 Å². The largest absolute Gasteiger partial charge is 0.458 e. The number of carbonyl (C=O) groups is 4. The van der Waals surface area contributed by atoms with E-state index in [1.54, 1.807) is 91.9 Å². The van der Waals surface area contributed by atoms with Gasteiger partial charge in [-0.1, -0.05) is 84.9 Å². The van der Waals surface area contributed by atoms with Gasteiger partial charge in [0.15, 0.2) is 11.6 Å².